The first-order chi connectivity index (χ1) is 9.52. The average Bonchev–Trinajstić information content (AvgIpc) is 2.78. The molecule has 0 radical (unpaired) electrons. The largest absolute Gasteiger partial charge is 0.313 e. The summed E-state index contributed by atoms with van der Waals surface area (Å²) in [5, 5.41) is 7.64. The van der Waals surface area contributed by atoms with Crippen molar-refractivity contribution in [2.45, 2.75) is 33.2 Å². The molecule has 1 aromatic carbocycles. The van der Waals surface area contributed by atoms with Crippen LogP contribution in [0.3, 0.4) is 0 Å². The van der Waals surface area contributed by atoms with Gasteiger partial charge in [0.25, 0.3) is 0 Å². The molecular formula is C16H22FN3. The van der Waals surface area contributed by atoms with Crippen molar-refractivity contribution in [3.05, 3.63) is 41.5 Å². The maximum atomic E-state index is 14.4. The van der Waals surface area contributed by atoms with E-state index in [1.165, 1.54) is 0 Å². The molecule has 2 aromatic rings. The molecule has 2 rings (SSSR count). The molecule has 0 unspecified atom stereocenters. The monoisotopic (exact) mass is 275 g/mol. The van der Waals surface area contributed by atoms with Gasteiger partial charge in [0, 0.05) is 30.9 Å². The first kappa shape index (κ1) is 14.7. The highest BCUT2D eigenvalue weighted by Gasteiger charge is 2.16. The second kappa shape index (κ2) is 6.18. The lowest BCUT2D eigenvalue weighted by atomic mass is 9.98. The third-order valence-corrected chi connectivity index (χ3v) is 3.31. The number of aromatic nitrogens is 2. The molecule has 108 valence electrons. The summed E-state index contributed by atoms with van der Waals surface area (Å²) in [6.45, 7) is 7.75. The Morgan fingerprint density at radius 1 is 1.30 bits per heavy atom. The van der Waals surface area contributed by atoms with E-state index in [1.54, 1.807) is 10.7 Å². The highest BCUT2D eigenvalue weighted by atomic mass is 19.1. The van der Waals surface area contributed by atoms with E-state index in [0.29, 0.717) is 12.1 Å². The van der Waals surface area contributed by atoms with Gasteiger partial charge in [-0.15, -0.1) is 0 Å². The van der Waals surface area contributed by atoms with Crippen molar-refractivity contribution in [3.63, 3.8) is 0 Å². The molecule has 0 spiro atoms. The number of nitrogens with one attached hydrogen (secondary N) is 1. The normalized spacial score (nSPS) is 11.3. The first-order valence-corrected chi connectivity index (χ1v) is 7.06. The smallest absolute Gasteiger partial charge is 0.131 e. The van der Waals surface area contributed by atoms with Gasteiger partial charge in [0.05, 0.1) is 5.69 Å². The highest BCUT2D eigenvalue weighted by Crippen LogP contribution is 2.30. The van der Waals surface area contributed by atoms with Crippen LogP contribution in [0.4, 0.5) is 4.39 Å². The zero-order chi connectivity index (χ0) is 14.7. The van der Waals surface area contributed by atoms with Crippen molar-refractivity contribution in [3.8, 4) is 11.1 Å². The van der Waals surface area contributed by atoms with Crippen molar-refractivity contribution < 1.29 is 4.39 Å². The summed E-state index contributed by atoms with van der Waals surface area (Å²) < 4.78 is 16.1. The van der Waals surface area contributed by atoms with Gasteiger partial charge in [-0.25, -0.2) is 4.39 Å². The van der Waals surface area contributed by atoms with E-state index < -0.39 is 0 Å². The van der Waals surface area contributed by atoms with Gasteiger partial charge in [0.2, 0.25) is 0 Å². The molecule has 0 atom stereocenters. The Labute approximate surface area is 119 Å². The molecule has 1 heterocycles. The topological polar surface area (TPSA) is 29.9 Å². The molecule has 0 saturated heterocycles. The zero-order valence-corrected chi connectivity index (χ0v) is 12.6. The molecule has 20 heavy (non-hydrogen) atoms. The number of aryl methyl sites for hydroxylation is 1. The van der Waals surface area contributed by atoms with Gasteiger partial charge in [-0.2, -0.15) is 5.10 Å². The molecule has 0 aliphatic heterocycles. The van der Waals surface area contributed by atoms with Crippen molar-refractivity contribution >= 4 is 0 Å². The summed E-state index contributed by atoms with van der Waals surface area (Å²) in [5.74, 6) is 0.0855. The van der Waals surface area contributed by atoms with Crippen LogP contribution in [-0.4, -0.2) is 16.3 Å². The molecule has 0 aliphatic carbocycles. The lowest BCUT2D eigenvalue weighted by Crippen LogP contribution is -2.11. The minimum absolute atomic E-state index is 0.185. The van der Waals surface area contributed by atoms with Gasteiger partial charge in [-0.05, 0) is 24.1 Å². The number of nitrogens with zero attached hydrogens (tertiary/aromatic N) is 2. The summed E-state index contributed by atoms with van der Waals surface area (Å²) in [6, 6.07) is 5.43. The predicted octanol–water partition coefficient (Wildman–Crippen LogP) is 3.46. The number of hydrogen-bond acceptors (Lipinski definition) is 2. The molecule has 1 N–H and O–H groups in total. The Kier molecular flexibility index (Phi) is 4.55. The van der Waals surface area contributed by atoms with Crippen LogP contribution in [0, 0.1) is 5.82 Å². The van der Waals surface area contributed by atoms with Gasteiger partial charge in [0.1, 0.15) is 5.82 Å². The standard InChI is InChI=1S/C16H22FN3/c1-5-18-9-12-6-7-13(15(17)8-12)14-10-20(4)19-16(14)11(2)3/h6-8,10-11,18H,5,9H2,1-4H3. The Morgan fingerprint density at radius 3 is 2.65 bits per heavy atom. The molecule has 0 fully saturated rings. The summed E-state index contributed by atoms with van der Waals surface area (Å²) >= 11 is 0. The zero-order valence-electron chi connectivity index (χ0n) is 12.6. The van der Waals surface area contributed by atoms with Gasteiger partial charge in [-0.1, -0.05) is 32.9 Å². The molecule has 0 aliphatic rings. The number of benzene rings is 1. The van der Waals surface area contributed by atoms with E-state index in [2.05, 4.69) is 24.3 Å². The van der Waals surface area contributed by atoms with E-state index in [9.17, 15) is 4.39 Å². The fraction of sp³-hybridized carbons (Fsp3) is 0.438. The van der Waals surface area contributed by atoms with Crippen molar-refractivity contribution in [2.75, 3.05) is 6.54 Å². The molecular weight excluding hydrogens is 253 g/mol. The Hall–Kier alpha value is -1.68. The first-order valence-electron chi connectivity index (χ1n) is 7.06. The maximum absolute atomic E-state index is 14.4. The van der Waals surface area contributed by atoms with Crippen LogP contribution < -0.4 is 5.32 Å². The third-order valence-electron chi connectivity index (χ3n) is 3.31. The minimum Gasteiger partial charge on any atom is -0.313 e. The van der Waals surface area contributed by atoms with E-state index in [0.717, 1.165) is 23.4 Å². The minimum atomic E-state index is -0.185. The lowest BCUT2D eigenvalue weighted by molar-refractivity contribution is 0.625. The van der Waals surface area contributed by atoms with Crippen molar-refractivity contribution in [2.24, 2.45) is 7.05 Å². The van der Waals surface area contributed by atoms with Gasteiger partial charge < -0.3 is 5.32 Å². The molecule has 0 amide bonds. The van der Waals surface area contributed by atoms with Crippen molar-refractivity contribution in [1.29, 1.82) is 0 Å². The van der Waals surface area contributed by atoms with Crippen LogP contribution >= 0.6 is 0 Å². The van der Waals surface area contributed by atoms with E-state index >= 15 is 0 Å². The van der Waals surface area contributed by atoms with E-state index in [4.69, 9.17) is 0 Å². The molecule has 0 bridgehead atoms. The molecule has 1 aromatic heterocycles. The lowest BCUT2D eigenvalue weighted by Gasteiger charge is -2.08. The van der Waals surface area contributed by atoms with E-state index in [-0.39, 0.29) is 11.7 Å². The number of rotatable bonds is 5. The van der Waals surface area contributed by atoms with Crippen LogP contribution in [0.25, 0.3) is 11.1 Å². The second-order valence-corrected chi connectivity index (χ2v) is 5.35. The van der Waals surface area contributed by atoms with Crippen LogP contribution in [-0.2, 0) is 13.6 Å². The Morgan fingerprint density at radius 2 is 2.05 bits per heavy atom. The molecule has 3 nitrogen and oxygen atoms in total. The maximum Gasteiger partial charge on any atom is 0.131 e. The third kappa shape index (κ3) is 3.07. The summed E-state index contributed by atoms with van der Waals surface area (Å²) in [7, 11) is 1.87. The fourth-order valence-corrected chi connectivity index (χ4v) is 2.30. The molecule has 0 saturated carbocycles. The van der Waals surface area contributed by atoms with Gasteiger partial charge >= 0.3 is 0 Å². The SMILES string of the molecule is CCNCc1ccc(-c2cn(C)nc2C(C)C)c(F)c1. The average molecular weight is 275 g/mol. The quantitative estimate of drug-likeness (QED) is 0.905. The summed E-state index contributed by atoms with van der Waals surface area (Å²) in [4.78, 5) is 0. The van der Waals surface area contributed by atoms with Crippen LogP contribution in [0.1, 0.15) is 37.9 Å². The Balaban J connectivity index is 2.38. The van der Waals surface area contributed by atoms with Crippen LogP contribution in [0.2, 0.25) is 0 Å². The number of hydrogen-bond donors (Lipinski definition) is 1. The molecule has 4 heteroatoms. The highest BCUT2D eigenvalue weighted by molar-refractivity contribution is 5.67. The van der Waals surface area contributed by atoms with Gasteiger partial charge in [0.15, 0.2) is 0 Å². The fourth-order valence-electron chi connectivity index (χ4n) is 2.30. The number of halogens is 1. The predicted molar refractivity (Wildman–Crippen MR) is 80.1 cm³/mol. The van der Waals surface area contributed by atoms with Crippen LogP contribution in [0.15, 0.2) is 24.4 Å². The second-order valence-electron chi connectivity index (χ2n) is 5.35. The van der Waals surface area contributed by atoms with Crippen molar-refractivity contribution in [1.82, 2.24) is 15.1 Å². The van der Waals surface area contributed by atoms with Gasteiger partial charge in [-0.3, -0.25) is 4.68 Å². The Bertz CT molecular complexity index is 587. The van der Waals surface area contributed by atoms with Crippen LogP contribution in [0.5, 0.6) is 0 Å². The summed E-state index contributed by atoms with van der Waals surface area (Å²) in [5.41, 5.74) is 3.41. The van der Waals surface area contributed by atoms with E-state index in [1.807, 2.05) is 32.3 Å². The summed E-state index contributed by atoms with van der Waals surface area (Å²) in [6.07, 6.45) is 1.89.